The molecule has 0 spiro atoms. The van der Waals surface area contributed by atoms with Gasteiger partial charge in [0.05, 0.1) is 6.54 Å². The van der Waals surface area contributed by atoms with Crippen molar-refractivity contribution in [3.05, 3.63) is 29.8 Å². The van der Waals surface area contributed by atoms with Gasteiger partial charge in [-0.1, -0.05) is 30.8 Å². The highest BCUT2D eigenvalue weighted by molar-refractivity contribution is 8.14. The summed E-state index contributed by atoms with van der Waals surface area (Å²) in [6.45, 7) is 8.34. The van der Waals surface area contributed by atoms with Gasteiger partial charge in [-0.15, -0.1) is 0 Å². The molecule has 2 amide bonds. The summed E-state index contributed by atoms with van der Waals surface area (Å²) in [6, 6.07) is 7.88. The summed E-state index contributed by atoms with van der Waals surface area (Å²) in [6.07, 6.45) is 0. The van der Waals surface area contributed by atoms with Gasteiger partial charge in [0.15, 0.2) is 5.17 Å². The Kier molecular flexibility index (Phi) is 4.57. The Labute approximate surface area is 135 Å². The van der Waals surface area contributed by atoms with Gasteiger partial charge in [-0.3, -0.25) is 4.99 Å². The summed E-state index contributed by atoms with van der Waals surface area (Å²) in [4.78, 5) is 21.1. The van der Waals surface area contributed by atoms with Crippen molar-refractivity contribution in [2.45, 2.75) is 19.1 Å². The van der Waals surface area contributed by atoms with Gasteiger partial charge in [0, 0.05) is 37.1 Å². The molecule has 3 rings (SSSR count). The summed E-state index contributed by atoms with van der Waals surface area (Å²) in [5.41, 5.74) is 2.00. The number of amides is 2. The minimum Gasteiger partial charge on any atom is -0.348 e. The zero-order chi connectivity index (χ0) is 15.5. The molecule has 1 N–H and O–H groups in total. The predicted octanol–water partition coefficient (Wildman–Crippen LogP) is 2.64. The largest absolute Gasteiger partial charge is 0.348 e. The molecule has 1 atom stereocenters. The first-order valence-corrected chi connectivity index (χ1v) is 8.58. The monoisotopic (exact) mass is 318 g/mol. The first kappa shape index (κ1) is 15.2. The van der Waals surface area contributed by atoms with E-state index in [9.17, 15) is 4.79 Å². The normalized spacial score (nSPS) is 21.7. The number of hydrogen-bond donors (Lipinski definition) is 1. The number of hydrogen-bond acceptors (Lipinski definition) is 4. The SMILES string of the molecule is Cc1cccc(NC(=O)N2CCN(C3=NCC(C)S3)CC2)c1. The number of aryl methyl sites for hydroxylation is 1. The number of amidine groups is 1. The van der Waals surface area contributed by atoms with Gasteiger partial charge in [-0.25, -0.2) is 4.79 Å². The van der Waals surface area contributed by atoms with Crippen molar-refractivity contribution in [3.63, 3.8) is 0 Å². The van der Waals surface area contributed by atoms with Gasteiger partial charge in [0.25, 0.3) is 0 Å². The summed E-state index contributed by atoms with van der Waals surface area (Å²) < 4.78 is 0. The van der Waals surface area contributed by atoms with E-state index in [-0.39, 0.29) is 6.03 Å². The number of carbonyl (C=O) groups excluding carboxylic acids is 1. The molecule has 0 saturated carbocycles. The van der Waals surface area contributed by atoms with E-state index in [1.165, 1.54) is 0 Å². The van der Waals surface area contributed by atoms with Gasteiger partial charge in [0.1, 0.15) is 0 Å². The number of piperazine rings is 1. The van der Waals surface area contributed by atoms with Crippen molar-refractivity contribution in [2.24, 2.45) is 4.99 Å². The number of rotatable bonds is 1. The molecule has 1 unspecified atom stereocenters. The van der Waals surface area contributed by atoms with Crippen LogP contribution in [-0.4, -0.2) is 59.0 Å². The number of benzene rings is 1. The van der Waals surface area contributed by atoms with Gasteiger partial charge in [0.2, 0.25) is 0 Å². The van der Waals surface area contributed by atoms with E-state index in [4.69, 9.17) is 0 Å². The lowest BCUT2D eigenvalue weighted by molar-refractivity contribution is 0.182. The molecule has 2 heterocycles. The number of anilines is 1. The predicted molar refractivity (Wildman–Crippen MR) is 92.7 cm³/mol. The van der Waals surface area contributed by atoms with E-state index in [0.717, 1.165) is 49.1 Å². The molecule has 0 radical (unpaired) electrons. The van der Waals surface area contributed by atoms with Gasteiger partial charge >= 0.3 is 6.03 Å². The average molecular weight is 318 g/mol. The first-order valence-electron chi connectivity index (χ1n) is 7.70. The Morgan fingerprint density at radius 2 is 2.09 bits per heavy atom. The molecule has 0 bridgehead atoms. The van der Waals surface area contributed by atoms with Crippen molar-refractivity contribution in [1.29, 1.82) is 0 Å². The molecule has 22 heavy (non-hydrogen) atoms. The lowest BCUT2D eigenvalue weighted by atomic mass is 10.2. The van der Waals surface area contributed by atoms with Crippen molar-refractivity contribution in [2.75, 3.05) is 38.0 Å². The Morgan fingerprint density at radius 1 is 1.32 bits per heavy atom. The van der Waals surface area contributed by atoms with Gasteiger partial charge < -0.3 is 15.1 Å². The molecule has 2 aliphatic heterocycles. The number of urea groups is 1. The standard InChI is InChI=1S/C16H22N4OS/c1-12-4-3-5-14(10-12)18-15(21)19-6-8-20(9-7-19)16-17-11-13(2)22-16/h3-5,10,13H,6-9,11H2,1-2H3,(H,18,21). The molecule has 1 fully saturated rings. The van der Waals surface area contributed by atoms with Crippen LogP contribution in [0.4, 0.5) is 10.5 Å². The minimum absolute atomic E-state index is 0.0142. The maximum Gasteiger partial charge on any atom is 0.321 e. The molecule has 0 aromatic heterocycles. The fourth-order valence-electron chi connectivity index (χ4n) is 2.66. The van der Waals surface area contributed by atoms with Crippen molar-refractivity contribution in [1.82, 2.24) is 9.80 Å². The summed E-state index contributed by atoms with van der Waals surface area (Å²) in [7, 11) is 0. The zero-order valence-corrected chi connectivity index (χ0v) is 13.9. The third-order valence-corrected chi connectivity index (χ3v) is 5.05. The van der Waals surface area contributed by atoms with Crippen LogP contribution in [-0.2, 0) is 0 Å². The molecular formula is C16H22N4OS. The molecule has 5 nitrogen and oxygen atoms in total. The molecule has 0 aliphatic carbocycles. The third kappa shape index (κ3) is 3.55. The van der Waals surface area contributed by atoms with Crippen LogP contribution >= 0.6 is 11.8 Å². The quantitative estimate of drug-likeness (QED) is 0.866. The van der Waals surface area contributed by atoms with Crippen LogP contribution in [0.2, 0.25) is 0 Å². The van der Waals surface area contributed by atoms with Gasteiger partial charge in [-0.05, 0) is 24.6 Å². The van der Waals surface area contributed by atoms with E-state index in [0.29, 0.717) is 5.25 Å². The molecular weight excluding hydrogens is 296 g/mol. The lowest BCUT2D eigenvalue weighted by Crippen LogP contribution is -2.51. The average Bonchev–Trinajstić information content (AvgIpc) is 2.94. The second kappa shape index (κ2) is 6.60. The maximum atomic E-state index is 12.3. The maximum absolute atomic E-state index is 12.3. The zero-order valence-electron chi connectivity index (χ0n) is 13.1. The number of nitrogens with zero attached hydrogens (tertiary/aromatic N) is 3. The smallest absolute Gasteiger partial charge is 0.321 e. The molecule has 118 valence electrons. The fourth-order valence-corrected chi connectivity index (χ4v) is 3.65. The van der Waals surface area contributed by atoms with Crippen LogP contribution < -0.4 is 5.32 Å². The Morgan fingerprint density at radius 3 is 2.73 bits per heavy atom. The van der Waals surface area contributed by atoms with Crippen LogP contribution in [0.25, 0.3) is 0 Å². The van der Waals surface area contributed by atoms with Crippen LogP contribution in [0.15, 0.2) is 29.3 Å². The highest BCUT2D eigenvalue weighted by Crippen LogP contribution is 2.23. The summed E-state index contributed by atoms with van der Waals surface area (Å²) in [5, 5.41) is 4.70. The number of nitrogens with one attached hydrogen (secondary N) is 1. The molecule has 1 saturated heterocycles. The minimum atomic E-state index is -0.0142. The number of aliphatic imine (C=N–C) groups is 1. The highest BCUT2D eigenvalue weighted by Gasteiger charge is 2.26. The highest BCUT2D eigenvalue weighted by atomic mass is 32.2. The van der Waals surface area contributed by atoms with Crippen LogP contribution in [0.3, 0.4) is 0 Å². The molecule has 1 aromatic rings. The van der Waals surface area contributed by atoms with Crippen LogP contribution in [0, 0.1) is 6.92 Å². The summed E-state index contributed by atoms with van der Waals surface area (Å²) >= 11 is 1.84. The van der Waals surface area contributed by atoms with Crippen LogP contribution in [0.5, 0.6) is 0 Å². The van der Waals surface area contributed by atoms with Crippen molar-refractivity contribution in [3.8, 4) is 0 Å². The van der Waals surface area contributed by atoms with E-state index in [1.807, 2.05) is 47.9 Å². The van der Waals surface area contributed by atoms with E-state index >= 15 is 0 Å². The number of thioether (sulfide) groups is 1. The van der Waals surface area contributed by atoms with E-state index in [2.05, 4.69) is 22.1 Å². The van der Waals surface area contributed by atoms with E-state index < -0.39 is 0 Å². The second-order valence-electron chi connectivity index (χ2n) is 5.83. The summed E-state index contributed by atoms with van der Waals surface area (Å²) in [5.74, 6) is 0. The Balaban J connectivity index is 1.52. The second-order valence-corrected chi connectivity index (χ2v) is 7.23. The topological polar surface area (TPSA) is 47.9 Å². The number of carbonyl (C=O) groups is 1. The fraction of sp³-hybridized carbons (Fsp3) is 0.500. The van der Waals surface area contributed by atoms with Crippen molar-refractivity contribution < 1.29 is 4.79 Å². The van der Waals surface area contributed by atoms with E-state index in [1.54, 1.807) is 0 Å². The Bertz CT molecular complexity index is 581. The first-order chi connectivity index (χ1) is 10.6. The van der Waals surface area contributed by atoms with Crippen molar-refractivity contribution >= 4 is 28.6 Å². The molecule has 6 heteroatoms. The Hall–Kier alpha value is -1.69. The lowest BCUT2D eigenvalue weighted by Gasteiger charge is -2.35. The van der Waals surface area contributed by atoms with Crippen LogP contribution in [0.1, 0.15) is 12.5 Å². The third-order valence-electron chi connectivity index (χ3n) is 3.90. The molecule has 2 aliphatic rings. The molecule has 1 aromatic carbocycles. The van der Waals surface area contributed by atoms with Gasteiger partial charge in [-0.2, -0.15) is 0 Å².